The summed E-state index contributed by atoms with van der Waals surface area (Å²) in [6.45, 7) is 20.9. The molecule has 4 rings (SSSR count). The van der Waals surface area contributed by atoms with Gasteiger partial charge in [0.05, 0.1) is 25.4 Å². The highest BCUT2D eigenvalue weighted by Crippen LogP contribution is 2.43. The molecule has 0 unspecified atom stereocenters. The van der Waals surface area contributed by atoms with Crippen molar-refractivity contribution in [2.45, 2.75) is 116 Å². The van der Waals surface area contributed by atoms with Gasteiger partial charge in [0.2, 0.25) is 5.91 Å². The minimum atomic E-state index is -3.06. The highest BCUT2D eigenvalue weighted by atomic mass is 19.3. The lowest BCUT2D eigenvalue weighted by atomic mass is 9.88. The number of amides is 2. The Morgan fingerprint density at radius 1 is 1.09 bits per heavy atom. The summed E-state index contributed by atoms with van der Waals surface area (Å²) in [5.74, 6) is -3.20. The first-order valence-corrected chi connectivity index (χ1v) is 15.7. The number of carbonyl (C=O) groups is 2. The van der Waals surface area contributed by atoms with E-state index in [4.69, 9.17) is 9.47 Å². The number of alkyl halides is 2. The largest absolute Gasteiger partial charge is 0.444 e. The Hall–Kier alpha value is -2.37. The van der Waals surface area contributed by atoms with E-state index in [0.29, 0.717) is 51.5 Å². The Balaban J connectivity index is 1.60. The lowest BCUT2D eigenvalue weighted by molar-refractivity contribution is -0.122. The molecule has 242 valence electrons. The summed E-state index contributed by atoms with van der Waals surface area (Å²) in [4.78, 5) is 39.4. The van der Waals surface area contributed by atoms with Gasteiger partial charge in [-0.25, -0.2) is 4.79 Å². The van der Waals surface area contributed by atoms with Gasteiger partial charge in [0.15, 0.2) is 0 Å². The van der Waals surface area contributed by atoms with Crippen molar-refractivity contribution in [3.8, 4) is 0 Å². The van der Waals surface area contributed by atoms with Gasteiger partial charge in [-0.3, -0.25) is 19.6 Å². The Kier molecular flexibility index (Phi) is 9.79. The molecule has 0 aliphatic carbocycles. The van der Waals surface area contributed by atoms with E-state index in [0.717, 1.165) is 5.56 Å². The predicted molar refractivity (Wildman–Crippen MR) is 163 cm³/mol. The number of halogens is 2. The van der Waals surface area contributed by atoms with Crippen molar-refractivity contribution in [3.05, 3.63) is 23.5 Å². The topological polar surface area (TPSA) is 78.5 Å². The van der Waals surface area contributed by atoms with Gasteiger partial charge in [0.1, 0.15) is 11.3 Å². The molecular formula is C32H51F2N5O4. The molecule has 4 heterocycles. The molecule has 0 spiro atoms. The molecule has 11 heteroatoms. The van der Waals surface area contributed by atoms with E-state index in [1.165, 1.54) is 12.3 Å². The average Bonchev–Trinajstić information content (AvgIpc) is 3.16. The van der Waals surface area contributed by atoms with Crippen LogP contribution in [0.5, 0.6) is 0 Å². The van der Waals surface area contributed by atoms with E-state index >= 15 is 0 Å². The second-order valence-corrected chi connectivity index (χ2v) is 14.4. The van der Waals surface area contributed by atoms with E-state index < -0.39 is 16.9 Å². The maximum absolute atomic E-state index is 14.9. The van der Waals surface area contributed by atoms with Gasteiger partial charge in [-0.2, -0.15) is 8.78 Å². The summed E-state index contributed by atoms with van der Waals surface area (Å²) in [5, 5.41) is 0. The number of aromatic nitrogens is 1. The third-order valence-corrected chi connectivity index (χ3v) is 8.89. The molecule has 2 amide bonds. The van der Waals surface area contributed by atoms with Crippen molar-refractivity contribution in [2.75, 3.05) is 50.8 Å². The molecule has 0 N–H and O–H groups in total. The second-order valence-electron chi connectivity index (χ2n) is 14.4. The first kappa shape index (κ1) is 33.5. The maximum atomic E-state index is 14.9. The molecule has 3 aliphatic heterocycles. The molecule has 0 radical (unpaired) electrons. The van der Waals surface area contributed by atoms with Crippen LogP contribution in [0.4, 0.5) is 19.3 Å². The highest BCUT2D eigenvalue weighted by molar-refractivity contribution is 5.97. The third kappa shape index (κ3) is 7.48. The first-order chi connectivity index (χ1) is 19.9. The smallest absolute Gasteiger partial charge is 0.410 e. The van der Waals surface area contributed by atoms with Crippen molar-refractivity contribution >= 4 is 17.7 Å². The Morgan fingerprint density at radius 2 is 1.74 bits per heavy atom. The number of hydrogen-bond donors (Lipinski definition) is 0. The molecule has 9 nitrogen and oxygen atoms in total. The van der Waals surface area contributed by atoms with Crippen molar-refractivity contribution < 1.29 is 27.8 Å². The summed E-state index contributed by atoms with van der Waals surface area (Å²) >= 11 is 0. The van der Waals surface area contributed by atoms with Crippen molar-refractivity contribution in [2.24, 2.45) is 0 Å². The number of nitrogens with zero attached hydrogens (tertiary/aromatic N) is 5. The zero-order valence-corrected chi connectivity index (χ0v) is 27.5. The van der Waals surface area contributed by atoms with E-state index in [1.807, 2.05) is 41.5 Å². The second kappa shape index (κ2) is 12.6. The van der Waals surface area contributed by atoms with Crippen LogP contribution in [0, 0.1) is 0 Å². The first-order valence-electron chi connectivity index (χ1n) is 15.7. The summed E-state index contributed by atoms with van der Waals surface area (Å²) < 4.78 is 41.2. The van der Waals surface area contributed by atoms with Gasteiger partial charge in [0.25, 0.3) is 5.92 Å². The maximum Gasteiger partial charge on any atom is 0.410 e. The lowest BCUT2D eigenvalue weighted by Crippen LogP contribution is -2.65. The van der Waals surface area contributed by atoms with E-state index in [-0.39, 0.29) is 54.8 Å². The van der Waals surface area contributed by atoms with E-state index in [2.05, 4.69) is 28.6 Å². The monoisotopic (exact) mass is 607 g/mol. The molecule has 1 aromatic heterocycles. The van der Waals surface area contributed by atoms with Crippen LogP contribution in [0.15, 0.2) is 12.3 Å². The van der Waals surface area contributed by atoms with Gasteiger partial charge < -0.3 is 19.3 Å². The van der Waals surface area contributed by atoms with Gasteiger partial charge in [-0.15, -0.1) is 0 Å². The normalized spacial score (nSPS) is 26.9. The van der Waals surface area contributed by atoms with Crippen LogP contribution in [-0.2, 0) is 25.6 Å². The Labute approximate surface area is 255 Å². The van der Waals surface area contributed by atoms with Crippen LogP contribution in [0.25, 0.3) is 0 Å². The molecule has 3 aliphatic rings. The zero-order valence-electron chi connectivity index (χ0n) is 27.5. The number of anilines is 1. The van der Waals surface area contributed by atoms with E-state index in [9.17, 15) is 18.4 Å². The molecule has 0 aromatic carbocycles. The standard InChI is InChI=1S/C32H51F2N5O4/c1-10-11-32(33,34)27-12-26-25(13-35-27)31(8,9)20-39(26)28(40)17-36-14-21(2)38(29(41)43-30(5,6)7)16-24(36)15-37-22(3)18-42-19-23(37)4/h12-13,21-24H,10-11,14-20H2,1-9H3/t21-,22-,23-,24+/m1/s1. The zero-order chi connectivity index (χ0) is 31.9. The van der Waals surface area contributed by atoms with Crippen LogP contribution >= 0.6 is 0 Å². The quantitative estimate of drug-likeness (QED) is 0.431. The minimum absolute atomic E-state index is 0.114. The van der Waals surface area contributed by atoms with Crippen LogP contribution < -0.4 is 4.90 Å². The Bertz CT molecular complexity index is 1160. The number of morpholine rings is 1. The summed E-state index contributed by atoms with van der Waals surface area (Å²) in [6, 6.07) is 1.49. The summed E-state index contributed by atoms with van der Waals surface area (Å²) in [7, 11) is 0. The number of piperazine rings is 1. The number of fused-ring (bicyclic) bond motifs is 1. The molecule has 43 heavy (non-hydrogen) atoms. The molecule has 0 saturated carbocycles. The van der Waals surface area contributed by atoms with Crippen molar-refractivity contribution in [1.29, 1.82) is 0 Å². The molecule has 2 fully saturated rings. The predicted octanol–water partition coefficient (Wildman–Crippen LogP) is 5.02. The molecule has 1 aromatic rings. The number of carbonyl (C=O) groups excluding carboxylic acids is 2. The molecule has 0 bridgehead atoms. The number of rotatable bonds is 7. The third-order valence-electron chi connectivity index (χ3n) is 8.89. The summed E-state index contributed by atoms with van der Waals surface area (Å²) in [6.07, 6.45) is 1.19. The van der Waals surface area contributed by atoms with Crippen molar-refractivity contribution in [1.82, 2.24) is 19.7 Å². The molecular weight excluding hydrogens is 556 g/mol. The van der Waals surface area contributed by atoms with Crippen LogP contribution in [-0.4, -0.2) is 107 Å². The van der Waals surface area contributed by atoms with Crippen LogP contribution in [0.3, 0.4) is 0 Å². The number of ether oxygens (including phenoxy) is 2. The Morgan fingerprint density at radius 3 is 2.35 bits per heavy atom. The number of hydrogen-bond acceptors (Lipinski definition) is 7. The summed E-state index contributed by atoms with van der Waals surface area (Å²) in [5.41, 5.74) is -0.0197. The highest BCUT2D eigenvalue weighted by Gasteiger charge is 2.44. The average molecular weight is 608 g/mol. The van der Waals surface area contributed by atoms with Crippen LogP contribution in [0.2, 0.25) is 0 Å². The fraction of sp³-hybridized carbons (Fsp3) is 0.781. The van der Waals surface area contributed by atoms with Gasteiger partial charge >= 0.3 is 6.09 Å². The lowest BCUT2D eigenvalue weighted by Gasteiger charge is -2.49. The van der Waals surface area contributed by atoms with Gasteiger partial charge in [-0.05, 0) is 47.6 Å². The SMILES string of the molecule is CCCC(F)(F)c1cc2c(cn1)C(C)(C)CN2C(=O)CN1C[C@@H](C)N(C(=O)OC(C)(C)C)C[C@@H]1CN1[C@H](C)COC[C@H]1C. The molecule has 2 saturated heterocycles. The fourth-order valence-corrected chi connectivity index (χ4v) is 6.57. The van der Waals surface area contributed by atoms with Crippen LogP contribution in [0.1, 0.15) is 86.4 Å². The minimum Gasteiger partial charge on any atom is -0.444 e. The van der Waals surface area contributed by atoms with E-state index in [1.54, 1.807) is 16.7 Å². The van der Waals surface area contributed by atoms with Crippen molar-refractivity contribution in [3.63, 3.8) is 0 Å². The fourth-order valence-electron chi connectivity index (χ4n) is 6.57. The number of pyridine rings is 1. The molecule has 4 atom stereocenters. The van der Waals surface area contributed by atoms with Gasteiger partial charge in [0, 0.05) is 73.9 Å². The van der Waals surface area contributed by atoms with Gasteiger partial charge in [-0.1, -0.05) is 27.2 Å².